The quantitative estimate of drug-likeness (QED) is 0.586. The number of amides is 1. The van der Waals surface area contributed by atoms with Crippen LogP contribution in [0.2, 0.25) is 0 Å². The Morgan fingerprint density at radius 3 is 2.53 bits per heavy atom. The van der Waals surface area contributed by atoms with Crippen LogP contribution in [0.15, 0.2) is 54.9 Å². The smallest absolute Gasteiger partial charge is 0.251 e. The van der Waals surface area contributed by atoms with Crippen LogP contribution in [0.4, 0.5) is 11.8 Å². The Morgan fingerprint density at radius 2 is 1.80 bits per heavy atom. The zero-order valence-electron chi connectivity index (χ0n) is 17.0. The number of anilines is 2. The lowest BCUT2D eigenvalue weighted by molar-refractivity contribution is 0.0955. The Hall–Kier alpha value is -3.39. The predicted octanol–water partition coefficient (Wildman–Crippen LogP) is 2.25. The molecule has 0 bridgehead atoms. The molecule has 156 valence electrons. The van der Waals surface area contributed by atoms with Crippen LogP contribution in [0.1, 0.15) is 16.1 Å². The van der Waals surface area contributed by atoms with Crippen LogP contribution < -0.4 is 15.5 Å². The molecule has 0 radical (unpaired) electrons. The summed E-state index contributed by atoms with van der Waals surface area (Å²) in [7, 11) is 0. The second-order valence-electron chi connectivity index (χ2n) is 7.11. The molecule has 1 amide bonds. The number of carbonyl (C=O) groups is 1. The molecule has 3 heterocycles. The molecule has 1 saturated heterocycles. The normalized spacial score (nSPS) is 13.8. The Kier molecular flexibility index (Phi) is 6.24. The molecule has 4 rings (SSSR count). The molecule has 0 spiro atoms. The van der Waals surface area contributed by atoms with Gasteiger partial charge in [-0.15, -0.1) is 0 Å². The fourth-order valence-corrected chi connectivity index (χ4v) is 3.33. The number of carbonyl (C=O) groups excluding carboxylic acids is 1. The summed E-state index contributed by atoms with van der Waals surface area (Å²) in [6, 6.07) is 13.4. The van der Waals surface area contributed by atoms with Crippen molar-refractivity contribution >= 4 is 17.7 Å². The number of aromatic nitrogens is 3. The van der Waals surface area contributed by atoms with Gasteiger partial charge in [0, 0.05) is 61.6 Å². The van der Waals surface area contributed by atoms with E-state index in [1.54, 1.807) is 0 Å². The van der Waals surface area contributed by atoms with Gasteiger partial charge in [-0.2, -0.15) is 4.98 Å². The molecule has 0 saturated carbocycles. The summed E-state index contributed by atoms with van der Waals surface area (Å²) < 4.78 is 7.40. The minimum absolute atomic E-state index is 0.102. The zero-order chi connectivity index (χ0) is 20.8. The minimum Gasteiger partial charge on any atom is -0.378 e. The Morgan fingerprint density at radius 1 is 1.07 bits per heavy atom. The molecule has 2 N–H and O–H groups in total. The van der Waals surface area contributed by atoms with Crippen LogP contribution in [-0.4, -0.2) is 59.8 Å². The first-order valence-corrected chi connectivity index (χ1v) is 10.1. The Labute approximate surface area is 175 Å². The number of nitrogens with one attached hydrogen (secondary N) is 2. The summed E-state index contributed by atoms with van der Waals surface area (Å²) in [5.74, 6) is 1.37. The van der Waals surface area contributed by atoms with Crippen molar-refractivity contribution in [3.05, 3.63) is 66.1 Å². The van der Waals surface area contributed by atoms with E-state index in [4.69, 9.17) is 4.74 Å². The van der Waals surface area contributed by atoms with Gasteiger partial charge in [0.1, 0.15) is 5.82 Å². The highest BCUT2D eigenvalue weighted by Gasteiger charge is 2.14. The van der Waals surface area contributed by atoms with Gasteiger partial charge < -0.3 is 24.8 Å². The molecule has 8 nitrogen and oxygen atoms in total. The third-order valence-corrected chi connectivity index (χ3v) is 4.90. The lowest BCUT2D eigenvalue weighted by Crippen LogP contribution is -2.37. The van der Waals surface area contributed by atoms with E-state index in [9.17, 15) is 4.79 Å². The van der Waals surface area contributed by atoms with Gasteiger partial charge in [-0.3, -0.25) is 4.79 Å². The van der Waals surface area contributed by atoms with Gasteiger partial charge in [-0.25, -0.2) is 4.98 Å². The average molecular weight is 406 g/mol. The van der Waals surface area contributed by atoms with Gasteiger partial charge in [-0.05, 0) is 43.3 Å². The standard InChI is InChI=1S/C22H26N6O2/c1-17-16-20(28-12-14-30-15-13-28)26-22(25-17)24-9-8-23-21(29)18-4-6-19(7-5-18)27-10-2-3-11-27/h2-7,10-11,16H,8-9,12-15H2,1H3,(H,23,29)(H,24,25,26). The largest absolute Gasteiger partial charge is 0.378 e. The topological polar surface area (TPSA) is 84.3 Å². The summed E-state index contributed by atoms with van der Waals surface area (Å²) in [5.41, 5.74) is 2.55. The van der Waals surface area contributed by atoms with Gasteiger partial charge in [0.2, 0.25) is 5.95 Å². The minimum atomic E-state index is -0.102. The van der Waals surface area contributed by atoms with Crippen LogP contribution in [0, 0.1) is 6.92 Å². The number of rotatable bonds is 7. The van der Waals surface area contributed by atoms with Crippen LogP contribution in [0.3, 0.4) is 0 Å². The van der Waals surface area contributed by atoms with Crippen molar-refractivity contribution < 1.29 is 9.53 Å². The maximum Gasteiger partial charge on any atom is 0.251 e. The van der Waals surface area contributed by atoms with Crippen molar-refractivity contribution in [1.82, 2.24) is 19.9 Å². The molecular formula is C22H26N6O2. The van der Waals surface area contributed by atoms with Crippen LogP contribution in [0.25, 0.3) is 5.69 Å². The first kappa shape index (κ1) is 19.9. The summed E-state index contributed by atoms with van der Waals surface area (Å²) in [4.78, 5) is 23.6. The van der Waals surface area contributed by atoms with E-state index in [0.717, 1.165) is 30.3 Å². The van der Waals surface area contributed by atoms with Crippen molar-refractivity contribution in [1.29, 1.82) is 0 Å². The van der Waals surface area contributed by atoms with Gasteiger partial charge >= 0.3 is 0 Å². The van der Waals surface area contributed by atoms with E-state index in [2.05, 4.69) is 25.5 Å². The van der Waals surface area contributed by atoms with E-state index in [1.807, 2.05) is 66.3 Å². The maximum atomic E-state index is 12.4. The number of aryl methyl sites for hydroxylation is 1. The van der Waals surface area contributed by atoms with E-state index in [0.29, 0.717) is 37.8 Å². The molecule has 30 heavy (non-hydrogen) atoms. The molecule has 2 aromatic heterocycles. The molecule has 1 aliphatic rings. The summed E-state index contributed by atoms with van der Waals surface area (Å²) in [5, 5.41) is 6.13. The maximum absolute atomic E-state index is 12.4. The van der Waals surface area contributed by atoms with Crippen LogP contribution in [0.5, 0.6) is 0 Å². The number of benzene rings is 1. The van der Waals surface area contributed by atoms with Crippen molar-refractivity contribution in [2.24, 2.45) is 0 Å². The monoisotopic (exact) mass is 406 g/mol. The lowest BCUT2D eigenvalue weighted by Gasteiger charge is -2.28. The van der Waals surface area contributed by atoms with Crippen molar-refractivity contribution in [3.8, 4) is 5.69 Å². The van der Waals surface area contributed by atoms with Crippen molar-refractivity contribution in [2.75, 3.05) is 49.6 Å². The Bertz CT molecular complexity index is 966. The number of hydrogen-bond acceptors (Lipinski definition) is 6. The highest BCUT2D eigenvalue weighted by atomic mass is 16.5. The highest BCUT2D eigenvalue weighted by molar-refractivity contribution is 5.94. The summed E-state index contributed by atoms with van der Waals surface area (Å²) in [6.07, 6.45) is 3.94. The number of nitrogens with zero attached hydrogens (tertiary/aromatic N) is 4. The first-order valence-electron chi connectivity index (χ1n) is 10.1. The third kappa shape index (κ3) is 4.96. The molecular weight excluding hydrogens is 380 g/mol. The van der Waals surface area contributed by atoms with E-state index in [-0.39, 0.29) is 5.91 Å². The molecule has 0 atom stereocenters. The summed E-state index contributed by atoms with van der Waals surface area (Å²) in [6.45, 7) is 6.05. The van der Waals surface area contributed by atoms with Crippen molar-refractivity contribution in [3.63, 3.8) is 0 Å². The second-order valence-corrected chi connectivity index (χ2v) is 7.11. The molecule has 0 unspecified atom stereocenters. The SMILES string of the molecule is Cc1cc(N2CCOCC2)nc(NCCNC(=O)c2ccc(-n3cccc3)cc2)n1. The fourth-order valence-electron chi connectivity index (χ4n) is 3.33. The number of ether oxygens (including phenoxy) is 1. The van der Waals surface area contributed by atoms with Gasteiger partial charge in [0.05, 0.1) is 13.2 Å². The molecule has 0 aliphatic carbocycles. The average Bonchev–Trinajstić information content (AvgIpc) is 3.32. The fraction of sp³-hybridized carbons (Fsp3) is 0.318. The lowest BCUT2D eigenvalue weighted by atomic mass is 10.2. The van der Waals surface area contributed by atoms with Crippen molar-refractivity contribution in [2.45, 2.75) is 6.92 Å². The molecule has 8 heteroatoms. The first-order chi connectivity index (χ1) is 14.7. The summed E-state index contributed by atoms with van der Waals surface area (Å²) >= 11 is 0. The van der Waals surface area contributed by atoms with E-state index < -0.39 is 0 Å². The second kappa shape index (κ2) is 9.41. The van der Waals surface area contributed by atoms with Gasteiger partial charge in [-0.1, -0.05) is 0 Å². The van der Waals surface area contributed by atoms with Gasteiger partial charge in [0.25, 0.3) is 5.91 Å². The Balaban J connectivity index is 1.27. The zero-order valence-corrected chi connectivity index (χ0v) is 17.0. The molecule has 1 aromatic carbocycles. The predicted molar refractivity (Wildman–Crippen MR) is 116 cm³/mol. The van der Waals surface area contributed by atoms with Crippen LogP contribution >= 0.6 is 0 Å². The molecule has 1 fully saturated rings. The van der Waals surface area contributed by atoms with Gasteiger partial charge in [0.15, 0.2) is 0 Å². The third-order valence-electron chi connectivity index (χ3n) is 4.90. The number of morpholine rings is 1. The number of hydrogen-bond donors (Lipinski definition) is 2. The molecule has 3 aromatic rings. The highest BCUT2D eigenvalue weighted by Crippen LogP contribution is 2.16. The van der Waals surface area contributed by atoms with E-state index in [1.165, 1.54) is 0 Å². The van der Waals surface area contributed by atoms with Crippen LogP contribution in [-0.2, 0) is 4.74 Å². The molecule has 1 aliphatic heterocycles. The van der Waals surface area contributed by atoms with E-state index >= 15 is 0 Å².